The van der Waals surface area contributed by atoms with Crippen LogP contribution in [0.25, 0.3) is 11.0 Å². The Morgan fingerprint density at radius 1 is 1.13 bits per heavy atom. The summed E-state index contributed by atoms with van der Waals surface area (Å²) >= 11 is 6.05. The third-order valence-corrected chi connectivity index (χ3v) is 5.46. The Kier molecular flexibility index (Phi) is 5.74. The minimum absolute atomic E-state index is 0.163. The van der Waals surface area contributed by atoms with Gasteiger partial charge in [0.15, 0.2) is 5.76 Å². The molecule has 2 aromatic carbocycles. The van der Waals surface area contributed by atoms with Crippen LogP contribution in [0, 0.1) is 12.7 Å². The van der Waals surface area contributed by atoms with Crippen LogP contribution in [0.1, 0.15) is 16.1 Å². The summed E-state index contributed by atoms with van der Waals surface area (Å²) in [5, 5.41) is 4.11. The number of rotatable bonds is 4. The summed E-state index contributed by atoms with van der Waals surface area (Å²) in [5.41, 5.74) is 1.83. The Bertz CT molecular complexity index is 1110. The zero-order valence-electron chi connectivity index (χ0n) is 16.5. The lowest BCUT2D eigenvalue weighted by Gasteiger charge is -2.33. The number of carbonyl (C=O) groups is 2. The van der Waals surface area contributed by atoms with Crippen LogP contribution in [0.4, 0.5) is 10.1 Å². The Balaban J connectivity index is 1.34. The molecule has 0 radical (unpaired) electrons. The largest absolute Gasteiger partial charge is 0.451 e. The van der Waals surface area contributed by atoms with Crippen molar-refractivity contribution in [3.63, 3.8) is 0 Å². The maximum absolute atomic E-state index is 13.2. The number of nitrogens with one attached hydrogen (secondary N) is 1. The first kappa shape index (κ1) is 20.4. The molecule has 1 aliphatic rings. The van der Waals surface area contributed by atoms with Crippen LogP contribution < -0.4 is 5.32 Å². The van der Waals surface area contributed by atoms with Gasteiger partial charge in [0.05, 0.1) is 6.54 Å². The Morgan fingerprint density at radius 3 is 2.63 bits per heavy atom. The van der Waals surface area contributed by atoms with Crippen LogP contribution in [0.5, 0.6) is 0 Å². The SMILES string of the molecule is Cc1c(C(=O)N2CCN(CC(=O)Nc3cccc(F)c3)CC2)oc2ccc(Cl)cc12. The van der Waals surface area contributed by atoms with Gasteiger partial charge in [-0.25, -0.2) is 4.39 Å². The van der Waals surface area contributed by atoms with Crippen molar-refractivity contribution < 1.29 is 18.4 Å². The van der Waals surface area contributed by atoms with Crippen LogP contribution in [-0.4, -0.2) is 54.3 Å². The number of hydrogen-bond donors (Lipinski definition) is 1. The maximum Gasteiger partial charge on any atom is 0.289 e. The first-order valence-corrected chi connectivity index (χ1v) is 10.0. The summed E-state index contributed by atoms with van der Waals surface area (Å²) in [7, 11) is 0. The lowest BCUT2D eigenvalue weighted by atomic mass is 10.1. The zero-order chi connectivity index (χ0) is 21.3. The molecular weight excluding hydrogens is 409 g/mol. The Morgan fingerprint density at radius 2 is 1.90 bits per heavy atom. The standard InChI is InChI=1S/C22H21ClFN3O3/c1-14-18-11-15(23)5-6-19(18)30-21(14)22(29)27-9-7-26(8-10-27)13-20(28)25-17-4-2-3-16(24)12-17/h2-6,11-12H,7-10,13H2,1H3,(H,25,28). The summed E-state index contributed by atoms with van der Waals surface area (Å²) in [6.07, 6.45) is 0. The molecule has 2 heterocycles. The van der Waals surface area contributed by atoms with E-state index in [0.29, 0.717) is 48.2 Å². The molecule has 30 heavy (non-hydrogen) atoms. The third kappa shape index (κ3) is 4.32. The molecule has 0 spiro atoms. The van der Waals surface area contributed by atoms with Gasteiger partial charge in [-0.05, 0) is 43.3 Å². The normalized spacial score (nSPS) is 14.8. The summed E-state index contributed by atoms with van der Waals surface area (Å²) < 4.78 is 19.0. The molecule has 1 N–H and O–H groups in total. The summed E-state index contributed by atoms with van der Waals surface area (Å²) in [4.78, 5) is 28.9. The summed E-state index contributed by atoms with van der Waals surface area (Å²) in [5.74, 6) is -0.457. The number of fused-ring (bicyclic) bond motifs is 1. The molecule has 6 nitrogen and oxygen atoms in total. The number of anilines is 1. The molecular formula is C22H21ClFN3O3. The molecule has 0 atom stereocenters. The quantitative estimate of drug-likeness (QED) is 0.682. The lowest BCUT2D eigenvalue weighted by molar-refractivity contribution is -0.117. The molecule has 0 saturated carbocycles. The van der Waals surface area contributed by atoms with Gasteiger partial charge < -0.3 is 14.6 Å². The molecule has 3 aromatic rings. The number of furan rings is 1. The van der Waals surface area contributed by atoms with E-state index >= 15 is 0 Å². The molecule has 0 unspecified atom stereocenters. The smallest absolute Gasteiger partial charge is 0.289 e. The fourth-order valence-electron chi connectivity index (χ4n) is 3.62. The number of piperazine rings is 1. The van der Waals surface area contributed by atoms with Gasteiger partial charge in [0.25, 0.3) is 5.91 Å². The fraction of sp³-hybridized carbons (Fsp3) is 0.273. The first-order valence-electron chi connectivity index (χ1n) is 9.66. The molecule has 1 aromatic heterocycles. The highest BCUT2D eigenvalue weighted by molar-refractivity contribution is 6.31. The molecule has 0 bridgehead atoms. The van der Waals surface area contributed by atoms with E-state index in [-0.39, 0.29) is 18.4 Å². The van der Waals surface area contributed by atoms with Crippen molar-refractivity contribution in [2.45, 2.75) is 6.92 Å². The highest BCUT2D eigenvalue weighted by Crippen LogP contribution is 2.29. The van der Waals surface area contributed by atoms with Crippen LogP contribution in [0.2, 0.25) is 5.02 Å². The van der Waals surface area contributed by atoms with Crippen molar-refractivity contribution >= 4 is 40.1 Å². The molecule has 0 aliphatic carbocycles. The van der Waals surface area contributed by atoms with Crippen molar-refractivity contribution in [3.8, 4) is 0 Å². The van der Waals surface area contributed by atoms with Crippen LogP contribution in [0.15, 0.2) is 46.9 Å². The lowest BCUT2D eigenvalue weighted by Crippen LogP contribution is -2.50. The van der Waals surface area contributed by atoms with E-state index in [4.69, 9.17) is 16.0 Å². The number of hydrogen-bond acceptors (Lipinski definition) is 4. The molecule has 1 saturated heterocycles. The van der Waals surface area contributed by atoms with Crippen molar-refractivity contribution in [2.24, 2.45) is 0 Å². The molecule has 4 rings (SSSR count). The molecule has 1 fully saturated rings. The monoisotopic (exact) mass is 429 g/mol. The van der Waals surface area contributed by atoms with E-state index in [1.165, 1.54) is 12.1 Å². The average Bonchev–Trinajstić information content (AvgIpc) is 3.04. The predicted octanol–water partition coefficient (Wildman–Crippen LogP) is 3.93. The predicted molar refractivity (Wildman–Crippen MR) is 113 cm³/mol. The Hall–Kier alpha value is -2.90. The zero-order valence-corrected chi connectivity index (χ0v) is 17.2. The van der Waals surface area contributed by atoms with Crippen molar-refractivity contribution in [2.75, 3.05) is 38.0 Å². The van der Waals surface area contributed by atoms with Gasteiger partial charge in [0.2, 0.25) is 5.91 Å². The number of carbonyl (C=O) groups excluding carboxylic acids is 2. The summed E-state index contributed by atoms with van der Waals surface area (Å²) in [6, 6.07) is 11.1. The summed E-state index contributed by atoms with van der Waals surface area (Å²) in [6.45, 7) is 4.14. The second-order valence-electron chi connectivity index (χ2n) is 7.32. The van der Waals surface area contributed by atoms with Gasteiger partial charge in [-0.1, -0.05) is 17.7 Å². The van der Waals surface area contributed by atoms with Gasteiger partial charge in [-0.3, -0.25) is 14.5 Å². The highest BCUT2D eigenvalue weighted by atomic mass is 35.5. The number of nitrogens with zero attached hydrogens (tertiary/aromatic N) is 2. The third-order valence-electron chi connectivity index (χ3n) is 5.23. The van der Waals surface area contributed by atoms with Crippen molar-refractivity contribution in [1.82, 2.24) is 9.80 Å². The van der Waals surface area contributed by atoms with Crippen LogP contribution in [0.3, 0.4) is 0 Å². The average molecular weight is 430 g/mol. The number of amides is 2. The topological polar surface area (TPSA) is 65.8 Å². The van der Waals surface area contributed by atoms with E-state index in [1.807, 2.05) is 11.8 Å². The van der Waals surface area contributed by atoms with Gasteiger partial charge in [-0.2, -0.15) is 0 Å². The van der Waals surface area contributed by atoms with E-state index in [1.54, 1.807) is 35.2 Å². The molecule has 1 aliphatic heterocycles. The minimum atomic E-state index is -0.400. The van der Waals surface area contributed by atoms with Crippen LogP contribution >= 0.6 is 11.6 Å². The van der Waals surface area contributed by atoms with Crippen molar-refractivity contribution in [3.05, 3.63) is 64.6 Å². The second kappa shape index (κ2) is 8.45. The highest BCUT2D eigenvalue weighted by Gasteiger charge is 2.27. The van der Waals surface area contributed by atoms with E-state index < -0.39 is 5.82 Å². The maximum atomic E-state index is 13.2. The first-order chi connectivity index (χ1) is 14.4. The fourth-order valence-corrected chi connectivity index (χ4v) is 3.79. The van der Waals surface area contributed by atoms with Crippen molar-refractivity contribution in [1.29, 1.82) is 0 Å². The van der Waals surface area contributed by atoms with Gasteiger partial charge >= 0.3 is 0 Å². The number of benzene rings is 2. The van der Waals surface area contributed by atoms with E-state index in [2.05, 4.69) is 5.32 Å². The number of aryl methyl sites for hydroxylation is 1. The Labute approximate surface area is 178 Å². The van der Waals surface area contributed by atoms with Crippen LogP contribution in [-0.2, 0) is 4.79 Å². The minimum Gasteiger partial charge on any atom is -0.451 e. The second-order valence-corrected chi connectivity index (χ2v) is 7.76. The molecule has 156 valence electrons. The van der Waals surface area contributed by atoms with Gasteiger partial charge in [0.1, 0.15) is 11.4 Å². The number of halogens is 2. The molecule has 8 heteroatoms. The molecule has 2 amide bonds. The van der Waals surface area contributed by atoms with E-state index in [9.17, 15) is 14.0 Å². The van der Waals surface area contributed by atoms with Gasteiger partial charge in [-0.15, -0.1) is 0 Å². The van der Waals surface area contributed by atoms with Gasteiger partial charge in [0, 0.05) is 47.8 Å². The van der Waals surface area contributed by atoms with E-state index in [0.717, 1.165) is 10.9 Å².